The van der Waals surface area contributed by atoms with Gasteiger partial charge in [-0.3, -0.25) is 14.6 Å². The molecule has 0 spiro atoms. The van der Waals surface area contributed by atoms with Crippen LogP contribution in [0.5, 0.6) is 0 Å². The fourth-order valence-corrected chi connectivity index (χ4v) is 3.85. The third-order valence-corrected chi connectivity index (χ3v) is 5.64. The Bertz CT molecular complexity index is 1310. The standard InChI is InChI=1S/C27H29N5O3/c1-35-16-12-29-27(34)7-3-13-31-15-10-22-18-23(8-9-25(22)31)26(33)20-28-19-21-5-2-6-24(17-21)32-14-4-11-30-32/h2,4-6,8-11,14-15,17-19H,3,7,12-13,16,20H2,1H3,(H,29,34). The summed E-state index contributed by atoms with van der Waals surface area (Å²) in [5.41, 5.74) is 3.52. The van der Waals surface area contributed by atoms with Gasteiger partial charge in [-0.1, -0.05) is 12.1 Å². The molecule has 1 amide bonds. The fraction of sp³-hybridized carbons (Fsp3) is 0.259. The maximum atomic E-state index is 12.7. The Labute approximate surface area is 204 Å². The van der Waals surface area contributed by atoms with E-state index >= 15 is 0 Å². The topological polar surface area (TPSA) is 90.5 Å². The van der Waals surface area contributed by atoms with Gasteiger partial charge in [0.25, 0.3) is 0 Å². The average molecular weight is 472 g/mol. The molecule has 4 aromatic rings. The van der Waals surface area contributed by atoms with Crippen molar-refractivity contribution < 1.29 is 14.3 Å². The van der Waals surface area contributed by atoms with Crippen molar-refractivity contribution in [2.45, 2.75) is 19.4 Å². The van der Waals surface area contributed by atoms with Crippen molar-refractivity contribution in [3.8, 4) is 5.69 Å². The van der Waals surface area contributed by atoms with Gasteiger partial charge in [0.15, 0.2) is 5.78 Å². The number of carbonyl (C=O) groups is 2. The summed E-state index contributed by atoms with van der Waals surface area (Å²) >= 11 is 0. The second-order valence-electron chi connectivity index (χ2n) is 8.17. The lowest BCUT2D eigenvalue weighted by Crippen LogP contribution is -2.26. The SMILES string of the molecule is COCCNC(=O)CCCn1ccc2cc(C(=O)CN=Cc3cccc(-n4cccn4)c3)ccc21. The Kier molecular flexibility index (Phi) is 8.19. The van der Waals surface area contributed by atoms with Gasteiger partial charge in [-0.15, -0.1) is 0 Å². The van der Waals surface area contributed by atoms with Gasteiger partial charge in [-0.25, -0.2) is 4.68 Å². The lowest BCUT2D eigenvalue weighted by Gasteiger charge is -2.07. The number of rotatable bonds is 12. The molecule has 8 nitrogen and oxygen atoms in total. The van der Waals surface area contributed by atoms with Crippen LogP contribution in [0.15, 0.2) is 78.2 Å². The highest BCUT2D eigenvalue weighted by Gasteiger charge is 2.09. The van der Waals surface area contributed by atoms with E-state index < -0.39 is 0 Å². The van der Waals surface area contributed by atoms with Gasteiger partial charge in [-0.2, -0.15) is 5.10 Å². The smallest absolute Gasteiger partial charge is 0.220 e. The number of Topliss-reactive ketones (excluding diaryl/α,β-unsaturated/α-hetero) is 1. The largest absolute Gasteiger partial charge is 0.383 e. The third-order valence-electron chi connectivity index (χ3n) is 5.64. The molecule has 0 aliphatic rings. The van der Waals surface area contributed by atoms with Gasteiger partial charge >= 0.3 is 0 Å². The van der Waals surface area contributed by atoms with E-state index in [1.54, 1.807) is 24.2 Å². The highest BCUT2D eigenvalue weighted by Crippen LogP contribution is 2.19. The van der Waals surface area contributed by atoms with Crippen molar-refractivity contribution in [1.29, 1.82) is 0 Å². The number of ether oxygens (including phenoxy) is 1. The summed E-state index contributed by atoms with van der Waals surface area (Å²) in [6, 6.07) is 17.4. The Morgan fingerprint density at radius 2 is 2.03 bits per heavy atom. The lowest BCUT2D eigenvalue weighted by molar-refractivity contribution is -0.121. The highest BCUT2D eigenvalue weighted by atomic mass is 16.5. The summed E-state index contributed by atoms with van der Waals surface area (Å²) in [7, 11) is 1.61. The predicted molar refractivity (Wildman–Crippen MR) is 136 cm³/mol. The van der Waals surface area contributed by atoms with Crippen LogP contribution < -0.4 is 5.32 Å². The molecule has 8 heteroatoms. The molecule has 0 aliphatic heterocycles. The average Bonchev–Trinajstić information content (AvgIpc) is 3.55. The van der Waals surface area contributed by atoms with Crippen molar-refractivity contribution in [3.63, 3.8) is 0 Å². The summed E-state index contributed by atoms with van der Waals surface area (Å²) in [4.78, 5) is 28.9. The molecule has 2 heterocycles. The number of carbonyl (C=O) groups excluding carboxylic acids is 2. The number of hydrogen-bond acceptors (Lipinski definition) is 5. The second-order valence-corrected chi connectivity index (χ2v) is 8.17. The van der Waals surface area contributed by atoms with Gasteiger partial charge < -0.3 is 14.6 Å². The molecule has 0 unspecified atom stereocenters. The first-order valence-electron chi connectivity index (χ1n) is 11.6. The molecule has 0 aliphatic carbocycles. The molecule has 0 radical (unpaired) electrons. The van der Waals surface area contributed by atoms with Crippen LogP contribution in [0.25, 0.3) is 16.6 Å². The molecule has 2 aromatic heterocycles. The van der Waals surface area contributed by atoms with Crippen molar-refractivity contribution in [2.24, 2.45) is 4.99 Å². The molecule has 2 aromatic carbocycles. The molecule has 0 saturated heterocycles. The molecule has 0 saturated carbocycles. The van der Waals surface area contributed by atoms with Gasteiger partial charge in [-0.05, 0) is 54.4 Å². The number of benzene rings is 2. The van der Waals surface area contributed by atoms with E-state index in [4.69, 9.17) is 4.74 Å². The zero-order valence-electron chi connectivity index (χ0n) is 19.8. The molecule has 0 fully saturated rings. The molecular formula is C27H29N5O3. The van der Waals surface area contributed by atoms with Crippen LogP contribution in [-0.2, 0) is 16.1 Å². The van der Waals surface area contributed by atoms with Gasteiger partial charge in [0.1, 0.15) is 6.54 Å². The molecule has 0 bridgehead atoms. The van der Waals surface area contributed by atoms with Crippen molar-refractivity contribution in [2.75, 3.05) is 26.8 Å². The zero-order valence-corrected chi connectivity index (χ0v) is 19.8. The maximum Gasteiger partial charge on any atom is 0.220 e. The Balaban J connectivity index is 1.32. The fourth-order valence-electron chi connectivity index (χ4n) is 3.85. The number of aliphatic imine (C=N–C) groups is 1. The predicted octanol–water partition coefficient (Wildman–Crippen LogP) is 3.67. The van der Waals surface area contributed by atoms with Gasteiger partial charge in [0, 0.05) is 67.9 Å². The van der Waals surface area contributed by atoms with Crippen LogP contribution in [0, 0.1) is 0 Å². The minimum Gasteiger partial charge on any atom is -0.383 e. The minimum atomic E-state index is -0.0353. The van der Waals surface area contributed by atoms with E-state index in [1.165, 1.54) is 0 Å². The number of amides is 1. The molecule has 4 rings (SSSR count). The first-order chi connectivity index (χ1) is 17.1. The van der Waals surface area contributed by atoms with E-state index in [9.17, 15) is 9.59 Å². The van der Waals surface area contributed by atoms with Crippen LogP contribution in [0.3, 0.4) is 0 Å². The number of ketones is 1. The minimum absolute atomic E-state index is 0.0278. The molecule has 35 heavy (non-hydrogen) atoms. The molecule has 180 valence electrons. The summed E-state index contributed by atoms with van der Waals surface area (Å²) in [5, 5.41) is 8.06. The number of methoxy groups -OCH3 is 1. The molecule has 1 N–H and O–H groups in total. The summed E-state index contributed by atoms with van der Waals surface area (Å²) in [6.45, 7) is 1.85. The van der Waals surface area contributed by atoms with Crippen LogP contribution in [0.2, 0.25) is 0 Å². The zero-order chi connectivity index (χ0) is 24.5. The Morgan fingerprint density at radius 1 is 1.11 bits per heavy atom. The maximum absolute atomic E-state index is 12.7. The Morgan fingerprint density at radius 3 is 2.86 bits per heavy atom. The second kappa shape index (κ2) is 11.9. The van der Waals surface area contributed by atoms with Crippen LogP contribution >= 0.6 is 0 Å². The monoisotopic (exact) mass is 471 g/mol. The van der Waals surface area contributed by atoms with E-state index in [-0.39, 0.29) is 18.2 Å². The third kappa shape index (κ3) is 6.51. The van der Waals surface area contributed by atoms with Crippen molar-refractivity contribution in [3.05, 3.63) is 84.3 Å². The van der Waals surface area contributed by atoms with Crippen molar-refractivity contribution >= 4 is 28.8 Å². The lowest BCUT2D eigenvalue weighted by atomic mass is 10.1. The van der Waals surface area contributed by atoms with Gasteiger partial charge in [0.05, 0.1) is 12.3 Å². The van der Waals surface area contributed by atoms with Crippen LogP contribution in [0.1, 0.15) is 28.8 Å². The first kappa shape index (κ1) is 24.1. The quantitative estimate of drug-likeness (QED) is 0.194. The van der Waals surface area contributed by atoms with E-state index in [1.807, 2.05) is 67.0 Å². The summed E-state index contributed by atoms with van der Waals surface area (Å²) in [6.07, 6.45) is 8.51. The number of fused-ring (bicyclic) bond motifs is 1. The van der Waals surface area contributed by atoms with Crippen LogP contribution in [0.4, 0.5) is 0 Å². The normalized spacial score (nSPS) is 11.3. The molecule has 0 atom stereocenters. The van der Waals surface area contributed by atoms with Crippen molar-refractivity contribution in [1.82, 2.24) is 19.7 Å². The van der Waals surface area contributed by atoms with E-state index in [0.29, 0.717) is 25.1 Å². The van der Waals surface area contributed by atoms with Crippen LogP contribution in [-0.4, -0.2) is 59.1 Å². The number of nitrogens with zero attached hydrogens (tertiary/aromatic N) is 4. The van der Waals surface area contributed by atoms with E-state index in [0.717, 1.165) is 35.1 Å². The van der Waals surface area contributed by atoms with E-state index in [2.05, 4.69) is 20.0 Å². The number of aryl methyl sites for hydroxylation is 1. The van der Waals surface area contributed by atoms with Gasteiger partial charge in [0.2, 0.25) is 5.91 Å². The summed E-state index contributed by atoms with van der Waals surface area (Å²) in [5.74, 6) is -0.00748. The number of aromatic nitrogens is 3. The number of nitrogens with one attached hydrogen (secondary N) is 1. The Hall–Kier alpha value is -4.04. The highest BCUT2D eigenvalue weighted by molar-refractivity contribution is 6.01. The number of hydrogen-bond donors (Lipinski definition) is 1. The molecular weight excluding hydrogens is 442 g/mol. The summed E-state index contributed by atoms with van der Waals surface area (Å²) < 4.78 is 8.82. The first-order valence-corrected chi connectivity index (χ1v) is 11.6.